The lowest BCUT2D eigenvalue weighted by Gasteiger charge is -2.32. The number of fused-ring (bicyclic) bond motifs is 1. The van der Waals surface area contributed by atoms with Crippen molar-refractivity contribution in [3.8, 4) is 0 Å². The number of carbonyl (C=O) groups is 1. The van der Waals surface area contributed by atoms with Gasteiger partial charge in [0.2, 0.25) is 0 Å². The molecule has 0 unspecified atom stereocenters. The van der Waals surface area contributed by atoms with Gasteiger partial charge in [0.15, 0.2) is 0 Å². The van der Waals surface area contributed by atoms with Crippen molar-refractivity contribution in [1.82, 2.24) is 0 Å². The third-order valence-electron chi connectivity index (χ3n) is 5.43. The molecule has 2 heterocycles. The Hall–Kier alpha value is -1.53. The second-order valence-corrected chi connectivity index (χ2v) is 9.38. The SMILES string of the molecule is C[C@H]1Cc2cc(B3OC(C)(C)C(C)(C)O3)ccc2N1C(=O)OC(C)(C)C. The van der Waals surface area contributed by atoms with Crippen molar-refractivity contribution in [2.45, 2.75) is 84.7 Å². The molecule has 1 saturated heterocycles. The van der Waals surface area contributed by atoms with E-state index in [4.69, 9.17) is 14.0 Å². The molecule has 1 amide bonds. The molecule has 5 nitrogen and oxygen atoms in total. The molecular weight excluding hydrogens is 329 g/mol. The van der Waals surface area contributed by atoms with E-state index in [2.05, 4.69) is 6.07 Å². The van der Waals surface area contributed by atoms with Crippen LogP contribution in [0.2, 0.25) is 0 Å². The lowest BCUT2D eigenvalue weighted by Crippen LogP contribution is -2.41. The first kappa shape index (κ1) is 19.2. The van der Waals surface area contributed by atoms with Crippen molar-refractivity contribution in [1.29, 1.82) is 0 Å². The van der Waals surface area contributed by atoms with Crippen LogP contribution in [0.4, 0.5) is 10.5 Å². The normalized spacial score (nSPS) is 23.9. The molecule has 142 valence electrons. The lowest BCUT2D eigenvalue weighted by molar-refractivity contribution is 0.00578. The van der Waals surface area contributed by atoms with Crippen LogP contribution >= 0.6 is 0 Å². The second-order valence-electron chi connectivity index (χ2n) is 9.38. The van der Waals surface area contributed by atoms with Gasteiger partial charge in [-0.05, 0) is 78.9 Å². The molecule has 0 saturated carbocycles. The van der Waals surface area contributed by atoms with Gasteiger partial charge in [0.05, 0.1) is 16.9 Å². The highest BCUT2D eigenvalue weighted by molar-refractivity contribution is 6.62. The summed E-state index contributed by atoms with van der Waals surface area (Å²) < 4.78 is 17.9. The zero-order valence-electron chi connectivity index (χ0n) is 17.2. The number of nitrogens with zero attached hydrogens (tertiary/aromatic N) is 1. The van der Waals surface area contributed by atoms with Crippen LogP contribution in [0.5, 0.6) is 0 Å². The Labute approximate surface area is 157 Å². The van der Waals surface area contributed by atoms with E-state index in [1.54, 1.807) is 4.90 Å². The highest BCUT2D eigenvalue weighted by Crippen LogP contribution is 2.38. The summed E-state index contributed by atoms with van der Waals surface area (Å²) in [5, 5.41) is 0. The Balaban J connectivity index is 1.85. The monoisotopic (exact) mass is 359 g/mol. The molecule has 1 aromatic rings. The van der Waals surface area contributed by atoms with E-state index in [1.807, 2.05) is 67.5 Å². The fourth-order valence-electron chi connectivity index (χ4n) is 3.37. The first-order valence-electron chi connectivity index (χ1n) is 9.31. The number of hydrogen-bond acceptors (Lipinski definition) is 4. The van der Waals surface area contributed by atoms with Crippen LogP contribution < -0.4 is 10.4 Å². The Morgan fingerprint density at radius 3 is 2.31 bits per heavy atom. The molecule has 6 heteroatoms. The first-order valence-corrected chi connectivity index (χ1v) is 9.31. The van der Waals surface area contributed by atoms with Gasteiger partial charge in [-0.2, -0.15) is 0 Å². The molecule has 26 heavy (non-hydrogen) atoms. The first-order chi connectivity index (χ1) is 11.8. The lowest BCUT2D eigenvalue weighted by atomic mass is 9.78. The van der Waals surface area contributed by atoms with Crippen LogP contribution in [0.1, 0.15) is 61.0 Å². The van der Waals surface area contributed by atoms with Crippen LogP contribution in [0.15, 0.2) is 18.2 Å². The van der Waals surface area contributed by atoms with Crippen molar-refractivity contribution in [2.75, 3.05) is 4.90 Å². The maximum absolute atomic E-state index is 12.6. The molecule has 0 N–H and O–H groups in total. The van der Waals surface area contributed by atoms with Gasteiger partial charge < -0.3 is 14.0 Å². The molecule has 2 aliphatic heterocycles. The van der Waals surface area contributed by atoms with Gasteiger partial charge in [-0.1, -0.05) is 12.1 Å². The molecule has 1 atom stereocenters. The van der Waals surface area contributed by atoms with E-state index in [1.165, 1.54) is 0 Å². The van der Waals surface area contributed by atoms with Crippen LogP contribution in [-0.2, 0) is 20.5 Å². The predicted molar refractivity (Wildman–Crippen MR) is 104 cm³/mol. The van der Waals surface area contributed by atoms with E-state index in [-0.39, 0.29) is 23.3 Å². The minimum Gasteiger partial charge on any atom is -0.443 e. The minimum absolute atomic E-state index is 0.0633. The van der Waals surface area contributed by atoms with Gasteiger partial charge in [0, 0.05) is 6.04 Å². The Kier molecular flexibility index (Phi) is 4.44. The Bertz CT molecular complexity index is 707. The third kappa shape index (κ3) is 3.37. The third-order valence-corrected chi connectivity index (χ3v) is 5.43. The number of amides is 1. The van der Waals surface area contributed by atoms with Crippen molar-refractivity contribution in [2.24, 2.45) is 0 Å². The standard InChI is InChI=1S/C20H30BNO4/c1-13-11-14-12-15(21-25-19(5,6)20(7,8)26-21)9-10-16(14)22(13)17(23)24-18(2,3)4/h9-10,12-13H,11H2,1-8H3/t13-/m0/s1. The molecule has 0 spiro atoms. The summed E-state index contributed by atoms with van der Waals surface area (Å²) in [6.07, 6.45) is 0.495. The Morgan fingerprint density at radius 1 is 1.19 bits per heavy atom. The molecule has 2 aliphatic rings. The fourth-order valence-corrected chi connectivity index (χ4v) is 3.37. The second kappa shape index (κ2) is 5.99. The predicted octanol–water partition coefficient (Wildman–Crippen LogP) is 3.67. The summed E-state index contributed by atoms with van der Waals surface area (Å²) >= 11 is 0. The zero-order chi connectivity index (χ0) is 19.5. The molecule has 0 radical (unpaired) electrons. The average Bonchev–Trinajstić information content (AvgIpc) is 2.88. The number of rotatable bonds is 1. The fraction of sp³-hybridized carbons (Fsp3) is 0.650. The molecular formula is C20H30BNO4. The summed E-state index contributed by atoms with van der Waals surface area (Å²) in [4.78, 5) is 14.3. The smallest absolute Gasteiger partial charge is 0.443 e. The summed E-state index contributed by atoms with van der Waals surface area (Å²) in [7, 11) is -0.392. The van der Waals surface area contributed by atoms with Crippen LogP contribution in [-0.4, -0.2) is 36.1 Å². The van der Waals surface area contributed by atoms with E-state index >= 15 is 0 Å². The van der Waals surface area contributed by atoms with E-state index in [9.17, 15) is 4.79 Å². The quantitative estimate of drug-likeness (QED) is 0.718. The average molecular weight is 359 g/mol. The van der Waals surface area contributed by atoms with Gasteiger partial charge in [-0.3, -0.25) is 4.90 Å². The van der Waals surface area contributed by atoms with E-state index in [0.29, 0.717) is 0 Å². The maximum atomic E-state index is 12.6. The van der Waals surface area contributed by atoms with Gasteiger partial charge in [0.1, 0.15) is 5.60 Å². The van der Waals surface area contributed by atoms with Crippen molar-refractivity contribution in [3.05, 3.63) is 23.8 Å². The number of benzene rings is 1. The molecule has 3 rings (SSSR count). The summed E-state index contributed by atoms with van der Waals surface area (Å²) in [5.41, 5.74) is 1.77. The van der Waals surface area contributed by atoms with Crippen LogP contribution in [0, 0.1) is 0 Å². The number of carbonyl (C=O) groups excluding carboxylic acids is 1. The number of ether oxygens (including phenoxy) is 1. The largest absolute Gasteiger partial charge is 0.494 e. The summed E-state index contributed by atoms with van der Waals surface area (Å²) in [5.74, 6) is 0. The van der Waals surface area contributed by atoms with Gasteiger partial charge in [0.25, 0.3) is 0 Å². The highest BCUT2D eigenvalue weighted by atomic mass is 16.7. The van der Waals surface area contributed by atoms with Gasteiger partial charge >= 0.3 is 13.2 Å². The van der Waals surface area contributed by atoms with Crippen molar-refractivity contribution >= 4 is 24.4 Å². The molecule has 1 fully saturated rings. The summed E-state index contributed by atoms with van der Waals surface area (Å²) in [6, 6.07) is 6.12. The maximum Gasteiger partial charge on any atom is 0.494 e. The van der Waals surface area contributed by atoms with Crippen LogP contribution in [0.3, 0.4) is 0 Å². The molecule has 0 bridgehead atoms. The van der Waals surface area contributed by atoms with E-state index in [0.717, 1.165) is 23.1 Å². The highest BCUT2D eigenvalue weighted by Gasteiger charge is 2.52. The molecule has 1 aromatic carbocycles. The van der Waals surface area contributed by atoms with Gasteiger partial charge in [-0.25, -0.2) is 4.79 Å². The van der Waals surface area contributed by atoms with Crippen LogP contribution in [0.25, 0.3) is 0 Å². The number of anilines is 1. The zero-order valence-corrected chi connectivity index (χ0v) is 17.2. The van der Waals surface area contributed by atoms with Crippen molar-refractivity contribution in [3.63, 3.8) is 0 Å². The summed E-state index contributed by atoms with van der Waals surface area (Å²) in [6.45, 7) is 15.9. The minimum atomic E-state index is -0.512. The molecule has 0 aromatic heterocycles. The van der Waals surface area contributed by atoms with Crippen molar-refractivity contribution < 1.29 is 18.8 Å². The Morgan fingerprint density at radius 2 is 1.77 bits per heavy atom. The topological polar surface area (TPSA) is 48.0 Å². The van der Waals surface area contributed by atoms with Gasteiger partial charge in [-0.15, -0.1) is 0 Å². The molecule has 0 aliphatic carbocycles. The number of hydrogen-bond donors (Lipinski definition) is 0. The van der Waals surface area contributed by atoms with E-state index < -0.39 is 12.7 Å².